The number of imide groups is 1. The van der Waals surface area contributed by atoms with Gasteiger partial charge in [0.25, 0.3) is 0 Å². The molecule has 2 N–H and O–H groups in total. The van der Waals surface area contributed by atoms with Gasteiger partial charge >= 0.3 is 5.97 Å². The van der Waals surface area contributed by atoms with Crippen LogP contribution in [0.5, 0.6) is 0 Å². The van der Waals surface area contributed by atoms with Crippen LogP contribution in [0.3, 0.4) is 0 Å². The fourth-order valence-corrected chi connectivity index (χ4v) is 2.27. The lowest BCUT2D eigenvalue weighted by Gasteiger charge is -2.33. The van der Waals surface area contributed by atoms with Crippen LogP contribution in [0.4, 0.5) is 0 Å². The Morgan fingerprint density at radius 3 is 2.42 bits per heavy atom. The summed E-state index contributed by atoms with van der Waals surface area (Å²) in [7, 11) is 0. The van der Waals surface area contributed by atoms with Crippen molar-refractivity contribution >= 4 is 23.7 Å². The number of carboxylic acids is 1. The van der Waals surface area contributed by atoms with Crippen molar-refractivity contribution in [2.75, 3.05) is 26.2 Å². The third-order valence-corrected chi connectivity index (χ3v) is 3.33. The molecule has 2 aliphatic rings. The van der Waals surface area contributed by atoms with E-state index in [2.05, 4.69) is 5.32 Å². The van der Waals surface area contributed by atoms with Gasteiger partial charge in [0, 0.05) is 32.5 Å². The standard InChI is InChI=1S/C11H15N3O5/c15-8-6-13(7(5-12-8)11(18)19)3-4-14-9(16)1-2-10(14)17/h7H,1-6H2,(H,12,15)(H,18,19). The first kappa shape index (κ1) is 13.5. The van der Waals surface area contributed by atoms with Gasteiger partial charge in [-0.15, -0.1) is 0 Å². The number of nitrogens with zero attached hydrogens (tertiary/aromatic N) is 2. The molecule has 2 aliphatic heterocycles. The van der Waals surface area contributed by atoms with Gasteiger partial charge in [0.15, 0.2) is 0 Å². The Morgan fingerprint density at radius 1 is 1.21 bits per heavy atom. The van der Waals surface area contributed by atoms with E-state index in [9.17, 15) is 19.2 Å². The van der Waals surface area contributed by atoms with E-state index in [-0.39, 0.29) is 56.7 Å². The molecule has 0 aromatic rings. The number of carbonyl (C=O) groups is 4. The molecule has 0 aromatic carbocycles. The van der Waals surface area contributed by atoms with Gasteiger partial charge in [-0.05, 0) is 0 Å². The second-order valence-electron chi connectivity index (χ2n) is 4.57. The van der Waals surface area contributed by atoms with Crippen LogP contribution in [0.25, 0.3) is 0 Å². The molecule has 0 saturated carbocycles. The highest BCUT2D eigenvalue weighted by Crippen LogP contribution is 2.12. The molecular weight excluding hydrogens is 254 g/mol. The van der Waals surface area contributed by atoms with Crippen LogP contribution in [-0.4, -0.2) is 70.8 Å². The summed E-state index contributed by atoms with van der Waals surface area (Å²) in [5, 5.41) is 11.5. The molecule has 2 saturated heterocycles. The molecule has 0 spiro atoms. The van der Waals surface area contributed by atoms with E-state index in [4.69, 9.17) is 5.11 Å². The number of carboxylic acid groups (broad SMARTS) is 1. The lowest BCUT2D eigenvalue weighted by molar-refractivity contribution is -0.146. The fourth-order valence-electron chi connectivity index (χ4n) is 2.27. The molecule has 19 heavy (non-hydrogen) atoms. The minimum atomic E-state index is -1.03. The summed E-state index contributed by atoms with van der Waals surface area (Å²) in [4.78, 5) is 47.8. The van der Waals surface area contributed by atoms with Crippen LogP contribution in [-0.2, 0) is 19.2 Å². The number of aliphatic carboxylic acids is 1. The average Bonchev–Trinajstić information content (AvgIpc) is 2.66. The molecule has 2 rings (SSSR count). The second-order valence-corrected chi connectivity index (χ2v) is 4.57. The van der Waals surface area contributed by atoms with E-state index in [1.165, 1.54) is 4.90 Å². The molecule has 104 valence electrons. The molecule has 2 heterocycles. The zero-order valence-electron chi connectivity index (χ0n) is 10.3. The zero-order valence-corrected chi connectivity index (χ0v) is 10.3. The van der Waals surface area contributed by atoms with Crippen LogP contribution in [0.15, 0.2) is 0 Å². The van der Waals surface area contributed by atoms with Gasteiger partial charge < -0.3 is 10.4 Å². The van der Waals surface area contributed by atoms with Gasteiger partial charge in [-0.1, -0.05) is 0 Å². The van der Waals surface area contributed by atoms with Crippen molar-refractivity contribution in [3.05, 3.63) is 0 Å². The van der Waals surface area contributed by atoms with Gasteiger partial charge in [0.2, 0.25) is 17.7 Å². The first-order valence-electron chi connectivity index (χ1n) is 6.06. The second kappa shape index (κ2) is 5.35. The molecule has 2 fully saturated rings. The van der Waals surface area contributed by atoms with Crippen LogP contribution in [0.2, 0.25) is 0 Å². The van der Waals surface area contributed by atoms with Crippen molar-refractivity contribution in [1.29, 1.82) is 0 Å². The predicted octanol–water partition coefficient (Wildman–Crippen LogP) is -1.98. The predicted molar refractivity (Wildman–Crippen MR) is 62.0 cm³/mol. The van der Waals surface area contributed by atoms with Crippen molar-refractivity contribution in [3.8, 4) is 0 Å². The van der Waals surface area contributed by atoms with E-state index in [0.29, 0.717) is 0 Å². The van der Waals surface area contributed by atoms with Gasteiger partial charge in [-0.25, -0.2) is 0 Å². The lowest BCUT2D eigenvalue weighted by Crippen LogP contribution is -2.58. The smallest absolute Gasteiger partial charge is 0.322 e. The normalized spacial score (nSPS) is 24.7. The minimum Gasteiger partial charge on any atom is -0.480 e. The number of piperazine rings is 1. The lowest BCUT2D eigenvalue weighted by atomic mass is 10.2. The quantitative estimate of drug-likeness (QED) is 0.573. The minimum absolute atomic E-state index is 0.0345. The highest BCUT2D eigenvalue weighted by Gasteiger charge is 2.34. The molecular formula is C11H15N3O5. The summed E-state index contributed by atoms with van der Waals surface area (Å²) >= 11 is 0. The Kier molecular flexibility index (Phi) is 3.79. The highest BCUT2D eigenvalue weighted by atomic mass is 16.4. The van der Waals surface area contributed by atoms with Crippen molar-refractivity contribution < 1.29 is 24.3 Å². The summed E-state index contributed by atoms with van der Waals surface area (Å²) in [6, 6.07) is -0.814. The number of hydrogen-bond donors (Lipinski definition) is 2. The first-order chi connectivity index (χ1) is 8.99. The molecule has 0 aliphatic carbocycles. The Morgan fingerprint density at radius 2 is 1.84 bits per heavy atom. The van der Waals surface area contributed by atoms with Crippen LogP contribution < -0.4 is 5.32 Å². The third-order valence-electron chi connectivity index (χ3n) is 3.33. The maximum absolute atomic E-state index is 11.4. The van der Waals surface area contributed by atoms with E-state index in [1.54, 1.807) is 0 Å². The number of likely N-dealkylation sites (tertiary alicyclic amines) is 1. The van der Waals surface area contributed by atoms with E-state index in [0.717, 1.165) is 4.90 Å². The fraction of sp³-hybridized carbons (Fsp3) is 0.636. The molecule has 0 aromatic heterocycles. The summed E-state index contributed by atoms with van der Waals surface area (Å²) in [5.74, 6) is -1.76. The van der Waals surface area contributed by atoms with Crippen molar-refractivity contribution in [1.82, 2.24) is 15.1 Å². The van der Waals surface area contributed by atoms with Gasteiger partial charge in [0.05, 0.1) is 6.54 Å². The summed E-state index contributed by atoms with van der Waals surface area (Å²) in [6.07, 6.45) is 0.420. The molecule has 8 nitrogen and oxygen atoms in total. The zero-order chi connectivity index (χ0) is 14.0. The molecule has 1 atom stereocenters. The van der Waals surface area contributed by atoms with E-state index < -0.39 is 12.0 Å². The third kappa shape index (κ3) is 2.90. The van der Waals surface area contributed by atoms with Crippen molar-refractivity contribution in [2.24, 2.45) is 0 Å². The summed E-state index contributed by atoms with van der Waals surface area (Å²) in [6.45, 7) is 0.333. The molecule has 8 heteroatoms. The Balaban J connectivity index is 1.95. The monoisotopic (exact) mass is 269 g/mol. The number of carbonyl (C=O) groups excluding carboxylic acids is 3. The molecule has 0 radical (unpaired) electrons. The SMILES string of the molecule is O=C1CN(CCN2C(=O)CCC2=O)C(C(=O)O)CN1. The van der Waals surface area contributed by atoms with Gasteiger partial charge in [-0.2, -0.15) is 0 Å². The Labute approximate surface area is 109 Å². The maximum atomic E-state index is 11.4. The van der Waals surface area contributed by atoms with E-state index >= 15 is 0 Å². The number of hydrogen-bond acceptors (Lipinski definition) is 5. The maximum Gasteiger partial charge on any atom is 0.322 e. The topological polar surface area (TPSA) is 107 Å². The summed E-state index contributed by atoms with van der Waals surface area (Å²) in [5.41, 5.74) is 0. The Hall–Kier alpha value is -1.96. The van der Waals surface area contributed by atoms with Crippen LogP contribution in [0.1, 0.15) is 12.8 Å². The van der Waals surface area contributed by atoms with Crippen molar-refractivity contribution in [2.45, 2.75) is 18.9 Å². The van der Waals surface area contributed by atoms with Gasteiger partial charge in [0.1, 0.15) is 6.04 Å². The van der Waals surface area contributed by atoms with Crippen molar-refractivity contribution in [3.63, 3.8) is 0 Å². The molecule has 0 bridgehead atoms. The largest absolute Gasteiger partial charge is 0.480 e. The Bertz CT molecular complexity index is 420. The number of nitrogens with one attached hydrogen (secondary N) is 1. The number of rotatable bonds is 4. The summed E-state index contributed by atoms with van der Waals surface area (Å²) < 4.78 is 0. The number of amides is 3. The van der Waals surface area contributed by atoms with E-state index in [1.807, 2.05) is 0 Å². The molecule has 3 amide bonds. The van der Waals surface area contributed by atoms with Crippen LogP contribution >= 0.6 is 0 Å². The molecule has 1 unspecified atom stereocenters. The highest BCUT2D eigenvalue weighted by molar-refractivity contribution is 6.01. The van der Waals surface area contributed by atoms with Gasteiger partial charge in [-0.3, -0.25) is 29.0 Å². The van der Waals surface area contributed by atoms with Crippen LogP contribution in [0, 0.1) is 0 Å². The average molecular weight is 269 g/mol. The first-order valence-corrected chi connectivity index (χ1v) is 6.06.